The maximum Gasteiger partial charge on any atom is 0.257 e. The first-order valence-corrected chi connectivity index (χ1v) is 7.16. The van der Waals surface area contributed by atoms with Gasteiger partial charge in [-0.1, -0.05) is 25.5 Å². The smallest absolute Gasteiger partial charge is 0.257 e. The first-order chi connectivity index (χ1) is 10.2. The van der Waals surface area contributed by atoms with Gasteiger partial charge < -0.3 is 4.74 Å². The van der Waals surface area contributed by atoms with Crippen molar-refractivity contribution in [2.45, 2.75) is 40.0 Å². The van der Waals surface area contributed by atoms with Gasteiger partial charge in [0.05, 0.1) is 5.69 Å². The molecule has 108 valence electrons. The molecule has 0 radical (unpaired) electrons. The van der Waals surface area contributed by atoms with Crippen LogP contribution >= 0.6 is 0 Å². The van der Waals surface area contributed by atoms with Gasteiger partial charge in [-0.2, -0.15) is 10.4 Å². The quantitative estimate of drug-likeness (QED) is 0.827. The van der Waals surface area contributed by atoms with E-state index in [1.807, 2.05) is 38.1 Å². The van der Waals surface area contributed by atoms with E-state index in [0.717, 1.165) is 17.7 Å². The van der Waals surface area contributed by atoms with Crippen LogP contribution in [-0.2, 0) is 6.42 Å². The lowest BCUT2D eigenvalue weighted by Gasteiger charge is -2.09. The highest BCUT2D eigenvalue weighted by Gasteiger charge is 2.12. The number of aromatic nitrogens is 2. The van der Waals surface area contributed by atoms with Crippen molar-refractivity contribution in [3.8, 4) is 17.7 Å². The number of benzene rings is 1. The van der Waals surface area contributed by atoms with Crippen molar-refractivity contribution < 1.29 is 4.74 Å². The number of hydrogen-bond donors (Lipinski definition) is 0. The summed E-state index contributed by atoms with van der Waals surface area (Å²) < 4.78 is 5.70. The number of rotatable bonds is 5. The number of unbranched alkanes of at least 4 members (excludes halogenated alkanes) is 1. The molecule has 1 heterocycles. The van der Waals surface area contributed by atoms with Crippen LogP contribution in [0.2, 0.25) is 0 Å². The molecule has 4 heteroatoms. The van der Waals surface area contributed by atoms with Gasteiger partial charge in [-0.3, -0.25) is 0 Å². The minimum absolute atomic E-state index is 0.266. The van der Waals surface area contributed by atoms with Crippen molar-refractivity contribution in [1.82, 2.24) is 10.2 Å². The van der Waals surface area contributed by atoms with E-state index in [0.29, 0.717) is 11.3 Å². The maximum absolute atomic E-state index is 9.25. The standard InChI is InChI=1S/C17H19N3O/c1-4-5-6-14-7-9-15(10-8-14)21-17-16(11-18)12(2)13(3)19-20-17/h7-10H,4-6H2,1-3H3. The van der Waals surface area contributed by atoms with Crippen LogP contribution < -0.4 is 4.74 Å². The van der Waals surface area contributed by atoms with Gasteiger partial charge in [0.2, 0.25) is 0 Å². The van der Waals surface area contributed by atoms with Crippen LogP contribution in [-0.4, -0.2) is 10.2 Å². The Labute approximate surface area is 125 Å². The second-order valence-electron chi connectivity index (χ2n) is 5.05. The lowest BCUT2D eigenvalue weighted by atomic mass is 10.1. The highest BCUT2D eigenvalue weighted by molar-refractivity contribution is 5.46. The van der Waals surface area contributed by atoms with Crippen molar-refractivity contribution >= 4 is 0 Å². The molecule has 0 bridgehead atoms. The predicted molar refractivity (Wildman–Crippen MR) is 81.3 cm³/mol. The van der Waals surface area contributed by atoms with E-state index in [1.165, 1.54) is 18.4 Å². The Morgan fingerprint density at radius 3 is 2.48 bits per heavy atom. The van der Waals surface area contributed by atoms with Crippen molar-refractivity contribution in [3.05, 3.63) is 46.6 Å². The Morgan fingerprint density at radius 2 is 1.86 bits per heavy atom. The average Bonchev–Trinajstić information content (AvgIpc) is 2.50. The first kappa shape index (κ1) is 15.0. The summed E-state index contributed by atoms with van der Waals surface area (Å²) in [5.41, 5.74) is 3.28. The molecular weight excluding hydrogens is 262 g/mol. The van der Waals surface area contributed by atoms with Gasteiger partial charge in [-0.15, -0.1) is 5.10 Å². The lowest BCUT2D eigenvalue weighted by molar-refractivity contribution is 0.451. The topological polar surface area (TPSA) is 58.8 Å². The minimum Gasteiger partial charge on any atom is -0.437 e. The molecular formula is C17H19N3O. The third-order valence-corrected chi connectivity index (χ3v) is 3.49. The lowest BCUT2D eigenvalue weighted by Crippen LogP contribution is -2.00. The van der Waals surface area contributed by atoms with Crippen LogP contribution in [0, 0.1) is 25.2 Å². The van der Waals surface area contributed by atoms with Crippen LogP contribution in [0.1, 0.15) is 42.1 Å². The molecule has 0 spiro atoms. The molecule has 0 fully saturated rings. The van der Waals surface area contributed by atoms with E-state index in [4.69, 9.17) is 4.74 Å². The minimum atomic E-state index is 0.266. The van der Waals surface area contributed by atoms with Gasteiger partial charge in [0.25, 0.3) is 5.88 Å². The molecule has 0 amide bonds. The summed E-state index contributed by atoms with van der Waals surface area (Å²) in [6.45, 7) is 5.86. The largest absolute Gasteiger partial charge is 0.437 e. The second-order valence-corrected chi connectivity index (χ2v) is 5.05. The molecule has 21 heavy (non-hydrogen) atoms. The van der Waals surface area contributed by atoms with E-state index >= 15 is 0 Å². The molecule has 2 rings (SSSR count). The molecule has 0 atom stereocenters. The van der Waals surface area contributed by atoms with E-state index < -0.39 is 0 Å². The van der Waals surface area contributed by atoms with Crippen LogP contribution in [0.15, 0.2) is 24.3 Å². The zero-order chi connectivity index (χ0) is 15.2. The summed E-state index contributed by atoms with van der Waals surface area (Å²) in [4.78, 5) is 0. The van der Waals surface area contributed by atoms with Crippen molar-refractivity contribution in [2.24, 2.45) is 0 Å². The normalized spacial score (nSPS) is 10.2. The summed E-state index contributed by atoms with van der Waals surface area (Å²) in [7, 11) is 0. The van der Waals surface area contributed by atoms with Crippen LogP contribution in [0.4, 0.5) is 0 Å². The fourth-order valence-electron chi connectivity index (χ4n) is 2.01. The fraction of sp³-hybridized carbons (Fsp3) is 0.353. The Kier molecular flexibility index (Phi) is 4.89. The number of ether oxygens (including phenoxy) is 1. The molecule has 0 saturated heterocycles. The monoisotopic (exact) mass is 281 g/mol. The van der Waals surface area contributed by atoms with Gasteiger partial charge >= 0.3 is 0 Å². The van der Waals surface area contributed by atoms with Gasteiger partial charge in [0.1, 0.15) is 17.4 Å². The molecule has 1 aromatic carbocycles. The molecule has 0 unspecified atom stereocenters. The van der Waals surface area contributed by atoms with Crippen LogP contribution in [0.5, 0.6) is 11.6 Å². The average molecular weight is 281 g/mol. The van der Waals surface area contributed by atoms with E-state index in [2.05, 4.69) is 23.2 Å². The van der Waals surface area contributed by atoms with Gasteiger partial charge in [0.15, 0.2) is 0 Å². The van der Waals surface area contributed by atoms with Crippen molar-refractivity contribution in [3.63, 3.8) is 0 Å². The molecule has 0 aliphatic rings. The Bertz CT molecular complexity index is 657. The number of nitrogens with zero attached hydrogens (tertiary/aromatic N) is 3. The number of hydrogen-bond acceptors (Lipinski definition) is 4. The maximum atomic E-state index is 9.25. The fourth-order valence-corrected chi connectivity index (χ4v) is 2.01. The number of aryl methyl sites for hydroxylation is 2. The second kappa shape index (κ2) is 6.85. The van der Waals surface area contributed by atoms with E-state index in [-0.39, 0.29) is 5.88 Å². The van der Waals surface area contributed by atoms with Gasteiger partial charge in [-0.05, 0) is 49.9 Å². The Balaban J connectivity index is 2.19. The molecule has 4 nitrogen and oxygen atoms in total. The van der Waals surface area contributed by atoms with Crippen molar-refractivity contribution in [2.75, 3.05) is 0 Å². The molecule has 0 saturated carbocycles. The highest BCUT2D eigenvalue weighted by atomic mass is 16.5. The SMILES string of the molecule is CCCCc1ccc(Oc2nnc(C)c(C)c2C#N)cc1. The third kappa shape index (κ3) is 3.57. The summed E-state index contributed by atoms with van der Waals surface area (Å²) in [6, 6.07) is 10.0. The molecule has 0 aliphatic heterocycles. The molecule has 1 aromatic heterocycles. The van der Waals surface area contributed by atoms with Crippen LogP contribution in [0.25, 0.3) is 0 Å². The zero-order valence-corrected chi connectivity index (χ0v) is 12.7. The van der Waals surface area contributed by atoms with Crippen molar-refractivity contribution in [1.29, 1.82) is 5.26 Å². The summed E-state index contributed by atoms with van der Waals surface area (Å²) >= 11 is 0. The van der Waals surface area contributed by atoms with Crippen LogP contribution in [0.3, 0.4) is 0 Å². The van der Waals surface area contributed by atoms with E-state index in [9.17, 15) is 5.26 Å². The molecule has 2 aromatic rings. The van der Waals surface area contributed by atoms with E-state index in [1.54, 1.807) is 0 Å². The first-order valence-electron chi connectivity index (χ1n) is 7.16. The third-order valence-electron chi connectivity index (χ3n) is 3.49. The molecule has 0 N–H and O–H groups in total. The summed E-state index contributed by atoms with van der Waals surface area (Å²) in [6.07, 6.45) is 3.44. The summed E-state index contributed by atoms with van der Waals surface area (Å²) in [5.74, 6) is 0.936. The Morgan fingerprint density at radius 1 is 1.14 bits per heavy atom. The molecule has 0 aliphatic carbocycles. The summed E-state index contributed by atoms with van der Waals surface area (Å²) in [5, 5.41) is 17.2. The number of nitriles is 1. The predicted octanol–water partition coefficient (Wildman–Crippen LogP) is 4.10. The van der Waals surface area contributed by atoms with Gasteiger partial charge in [0, 0.05) is 0 Å². The van der Waals surface area contributed by atoms with Gasteiger partial charge in [-0.25, -0.2) is 0 Å². The highest BCUT2D eigenvalue weighted by Crippen LogP contribution is 2.25. The Hall–Kier alpha value is -2.41. The zero-order valence-electron chi connectivity index (χ0n) is 12.7.